The van der Waals surface area contributed by atoms with Crippen molar-refractivity contribution in [3.63, 3.8) is 0 Å². The SMILES string of the molecule is CC(=O)OC1O[C@H](COc2ccc(C(C)(C)c3ccc(OC[C@H]4OC(OC(C)=O)[C@H](OC(C)=O)[C@@H](OC(C)=O)[C@@H]4OC(C)=O)cc3)cc2)[C@@H](OC(C)=O)[C@H](OC(C)=O)[C@H]1OC(C)=O. The van der Waals surface area contributed by atoms with E-state index in [1.54, 1.807) is 24.3 Å². The maximum atomic E-state index is 12.2. The van der Waals surface area contributed by atoms with E-state index in [-0.39, 0.29) is 13.2 Å². The van der Waals surface area contributed by atoms with E-state index in [1.807, 2.05) is 38.1 Å². The topological polar surface area (TPSA) is 247 Å². The Bertz CT molecular complexity index is 1840. The van der Waals surface area contributed by atoms with Gasteiger partial charge in [-0.1, -0.05) is 38.1 Å². The van der Waals surface area contributed by atoms with Gasteiger partial charge >= 0.3 is 47.8 Å². The van der Waals surface area contributed by atoms with Crippen LogP contribution in [-0.2, 0) is 91.1 Å². The van der Waals surface area contributed by atoms with Gasteiger partial charge in [0.15, 0.2) is 24.4 Å². The summed E-state index contributed by atoms with van der Waals surface area (Å²) in [6.07, 6.45) is -13.8. The van der Waals surface area contributed by atoms with E-state index in [9.17, 15) is 38.4 Å². The standard InChI is InChI=1S/C43H52O20/c1-21(44)54-35-33(62-41(60-27(7)50)39(58-25(5)48)37(35)56-23(3)46)19-52-31-15-11-29(12-16-31)43(9,10)30-13-17-32(18-14-30)53-20-34-36(55-22(2)45)38(57-24(4)47)40(59-26(6)49)42(63-34)61-28(8)51/h11-18,33-42H,19-20H2,1-10H3/t33-,34-,35-,36-,37+,38+,39-,40-,41?,42?/m1/s1. The van der Waals surface area contributed by atoms with E-state index in [2.05, 4.69) is 0 Å². The average Bonchev–Trinajstić information content (AvgIpc) is 3.17. The van der Waals surface area contributed by atoms with Crippen LogP contribution in [0.1, 0.15) is 80.4 Å². The van der Waals surface area contributed by atoms with Crippen molar-refractivity contribution in [3.8, 4) is 11.5 Å². The molecule has 4 rings (SSSR count). The van der Waals surface area contributed by atoms with Crippen LogP contribution < -0.4 is 9.47 Å². The zero-order chi connectivity index (χ0) is 46.8. The summed E-state index contributed by atoms with van der Waals surface area (Å²) < 4.78 is 66.8. The maximum Gasteiger partial charge on any atom is 0.305 e. The summed E-state index contributed by atoms with van der Waals surface area (Å²) in [5.74, 6) is -5.49. The van der Waals surface area contributed by atoms with Crippen molar-refractivity contribution in [3.05, 3.63) is 59.7 Å². The Hall–Kier alpha value is -6.28. The van der Waals surface area contributed by atoms with Crippen LogP contribution in [0.3, 0.4) is 0 Å². The summed E-state index contributed by atoms with van der Waals surface area (Å²) in [6.45, 7) is 12.3. The quantitative estimate of drug-likeness (QED) is 0.174. The molecule has 2 aromatic rings. The molecule has 0 aliphatic carbocycles. The summed E-state index contributed by atoms with van der Waals surface area (Å²) in [5.41, 5.74) is 1.18. The van der Waals surface area contributed by atoms with Gasteiger partial charge in [-0.15, -0.1) is 0 Å². The molecule has 2 fully saturated rings. The largest absolute Gasteiger partial charge is 0.491 e. The molecular weight excluding hydrogens is 836 g/mol. The van der Waals surface area contributed by atoms with Gasteiger partial charge in [0, 0.05) is 60.8 Å². The van der Waals surface area contributed by atoms with Crippen LogP contribution in [-0.4, -0.2) is 122 Å². The van der Waals surface area contributed by atoms with Crippen molar-refractivity contribution in [2.45, 2.75) is 136 Å². The number of hydrogen-bond acceptors (Lipinski definition) is 20. The summed E-state index contributed by atoms with van der Waals surface area (Å²) in [4.78, 5) is 96.4. The van der Waals surface area contributed by atoms with Crippen LogP contribution in [0.25, 0.3) is 0 Å². The second-order valence-electron chi connectivity index (χ2n) is 15.0. The second kappa shape index (κ2) is 21.7. The van der Waals surface area contributed by atoms with Gasteiger partial charge in [-0.05, 0) is 35.4 Å². The summed E-state index contributed by atoms with van der Waals surface area (Å²) in [5, 5.41) is 0. The van der Waals surface area contributed by atoms with Gasteiger partial charge in [0.25, 0.3) is 0 Å². The third-order valence-corrected chi connectivity index (χ3v) is 9.54. The third kappa shape index (κ3) is 13.9. The van der Waals surface area contributed by atoms with E-state index < -0.39 is 115 Å². The normalized spacial score (nSPS) is 25.5. The highest BCUT2D eigenvalue weighted by Crippen LogP contribution is 2.35. The molecule has 0 aromatic heterocycles. The molecule has 10 atom stereocenters. The zero-order valence-electron chi connectivity index (χ0n) is 36.5. The van der Waals surface area contributed by atoms with E-state index >= 15 is 0 Å². The highest BCUT2D eigenvalue weighted by atomic mass is 16.8. The lowest BCUT2D eigenvalue weighted by Crippen LogP contribution is -2.63. The molecule has 2 aliphatic rings. The lowest BCUT2D eigenvalue weighted by molar-refractivity contribution is -0.298. The smallest absolute Gasteiger partial charge is 0.305 e. The zero-order valence-corrected chi connectivity index (χ0v) is 36.5. The number of rotatable bonds is 16. The fraction of sp³-hybridized carbons (Fsp3) is 0.535. The molecule has 2 aliphatic heterocycles. The highest BCUT2D eigenvalue weighted by molar-refractivity contribution is 5.70. The van der Waals surface area contributed by atoms with Crippen molar-refractivity contribution in [2.24, 2.45) is 0 Å². The first kappa shape index (κ1) is 49.4. The molecule has 2 saturated heterocycles. The lowest BCUT2D eigenvalue weighted by atomic mass is 9.78. The molecule has 344 valence electrons. The molecular formula is C43H52O20. The number of hydrogen-bond donors (Lipinski definition) is 0. The van der Waals surface area contributed by atoms with Gasteiger partial charge in [-0.3, -0.25) is 38.4 Å². The number of esters is 8. The summed E-state index contributed by atoms with van der Waals surface area (Å²) in [7, 11) is 0. The Morgan fingerprint density at radius 2 is 0.651 bits per heavy atom. The minimum Gasteiger partial charge on any atom is -0.491 e. The van der Waals surface area contributed by atoms with Crippen molar-refractivity contribution < 1.29 is 95.2 Å². The van der Waals surface area contributed by atoms with Crippen LogP contribution in [0, 0.1) is 0 Å². The average molecular weight is 889 g/mol. The van der Waals surface area contributed by atoms with Gasteiger partial charge in [-0.25, -0.2) is 0 Å². The monoisotopic (exact) mass is 888 g/mol. The molecule has 0 amide bonds. The summed E-state index contributed by atoms with van der Waals surface area (Å²) in [6, 6.07) is 14.2. The van der Waals surface area contributed by atoms with Crippen molar-refractivity contribution in [1.29, 1.82) is 0 Å². The Morgan fingerprint density at radius 3 is 0.921 bits per heavy atom. The van der Waals surface area contributed by atoms with Crippen LogP contribution in [0.2, 0.25) is 0 Å². The first-order valence-corrected chi connectivity index (χ1v) is 19.7. The van der Waals surface area contributed by atoms with E-state index in [0.717, 1.165) is 66.5 Å². The van der Waals surface area contributed by atoms with Gasteiger partial charge in [-0.2, -0.15) is 0 Å². The molecule has 0 radical (unpaired) electrons. The number of carbonyl (C=O) groups is 8. The fourth-order valence-corrected chi connectivity index (χ4v) is 6.95. The molecule has 0 saturated carbocycles. The van der Waals surface area contributed by atoms with Crippen molar-refractivity contribution >= 4 is 47.8 Å². The minimum atomic E-state index is -1.53. The van der Waals surface area contributed by atoms with E-state index in [4.69, 9.17) is 56.8 Å². The number of ether oxygens (including phenoxy) is 12. The maximum absolute atomic E-state index is 12.2. The molecule has 2 heterocycles. The Labute approximate surface area is 362 Å². The Kier molecular flexibility index (Phi) is 17.0. The van der Waals surface area contributed by atoms with Crippen molar-refractivity contribution in [1.82, 2.24) is 0 Å². The first-order chi connectivity index (χ1) is 29.5. The third-order valence-electron chi connectivity index (χ3n) is 9.54. The molecule has 0 bridgehead atoms. The van der Waals surface area contributed by atoms with Crippen LogP contribution in [0.5, 0.6) is 11.5 Å². The van der Waals surface area contributed by atoms with Gasteiger partial charge in [0.2, 0.25) is 24.8 Å². The molecule has 2 aromatic carbocycles. The highest BCUT2D eigenvalue weighted by Gasteiger charge is 2.55. The minimum absolute atomic E-state index is 0.278. The van der Waals surface area contributed by atoms with Gasteiger partial charge in [0.05, 0.1) is 0 Å². The molecule has 63 heavy (non-hydrogen) atoms. The van der Waals surface area contributed by atoms with Crippen molar-refractivity contribution in [2.75, 3.05) is 13.2 Å². The first-order valence-electron chi connectivity index (χ1n) is 19.7. The fourth-order valence-electron chi connectivity index (χ4n) is 6.95. The van der Waals surface area contributed by atoms with Gasteiger partial charge in [0.1, 0.15) is 36.9 Å². The Morgan fingerprint density at radius 1 is 0.397 bits per heavy atom. The van der Waals surface area contributed by atoms with E-state index in [1.165, 1.54) is 0 Å². The second-order valence-corrected chi connectivity index (χ2v) is 15.0. The lowest BCUT2D eigenvalue weighted by Gasteiger charge is -2.43. The van der Waals surface area contributed by atoms with Gasteiger partial charge < -0.3 is 56.8 Å². The summed E-state index contributed by atoms with van der Waals surface area (Å²) >= 11 is 0. The van der Waals surface area contributed by atoms with Crippen LogP contribution >= 0.6 is 0 Å². The van der Waals surface area contributed by atoms with Crippen LogP contribution in [0.4, 0.5) is 0 Å². The number of carbonyl (C=O) groups excluding carboxylic acids is 8. The number of benzene rings is 2. The predicted molar refractivity (Wildman–Crippen MR) is 210 cm³/mol. The Balaban J connectivity index is 1.49. The predicted octanol–water partition coefficient (Wildman–Crippen LogP) is 2.94. The van der Waals surface area contributed by atoms with E-state index in [0.29, 0.717) is 11.5 Å². The molecule has 0 spiro atoms. The molecule has 20 heteroatoms. The molecule has 2 unspecified atom stereocenters. The molecule has 0 N–H and O–H groups in total. The van der Waals surface area contributed by atoms with Crippen LogP contribution in [0.15, 0.2) is 48.5 Å². The molecule has 20 nitrogen and oxygen atoms in total.